The Hall–Kier alpha value is -2.59. The van der Waals surface area contributed by atoms with Crippen molar-refractivity contribution in [3.63, 3.8) is 0 Å². The SMILES string of the molecule is Cn1cnc2c1c(=O)n(CC(=O)N1CCCC(C(F)(F)F)C1)c(=O)n2C. The van der Waals surface area contributed by atoms with Gasteiger partial charge in [0.2, 0.25) is 5.91 Å². The first-order valence-corrected chi connectivity index (χ1v) is 8.06. The number of imidazole rings is 1. The van der Waals surface area contributed by atoms with Crippen LogP contribution in [0.25, 0.3) is 11.2 Å². The maximum Gasteiger partial charge on any atom is 0.393 e. The predicted octanol–water partition coefficient (Wildman–Crippen LogP) is 0.235. The average Bonchev–Trinajstić information content (AvgIpc) is 2.98. The maximum atomic E-state index is 12.9. The number of fused-ring (bicyclic) bond motifs is 1. The molecule has 1 atom stereocenters. The number of carbonyl (C=O) groups is 1. The van der Waals surface area contributed by atoms with Gasteiger partial charge >= 0.3 is 11.9 Å². The number of piperidine rings is 1. The largest absolute Gasteiger partial charge is 0.393 e. The summed E-state index contributed by atoms with van der Waals surface area (Å²) < 4.78 is 42.0. The molecule has 3 heterocycles. The standard InChI is InChI=1S/C15H18F3N5O3/c1-20-8-19-12-11(20)13(25)23(14(26)21(12)2)7-10(24)22-5-3-4-9(6-22)15(16,17)18/h8-9H,3-7H2,1-2H3. The van der Waals surface area contributed by atoms with Crippen LogP contribution in [0.1, 0.15) is 12.8 Å². The van der Waals surface area contributed by atoms with E-state index in [0.717, 1.165) is 14.0 Å². The van der Waals surface area contributed by atoms with Gasteiger partial charge in [0.1, 0.15) is 6.54 Å². The summed E-state index contributed by atoms with van der Waals surface area (Å²) in [7, 11) is 2.99. The van der Waals surface area contributed by atoms with Gasteiger partial charge in [-0.25, -0.2) is 14.3 Å². The molecule has 0 saturated carbocycles. The van der Waals surface area contributed by atoms with Gasteiger partial charge in [-0.15, -0.1) is 0 Å². The number of aromatic nitrogens is 4. The van der Waals surface area contributed by atoms with Crippen LogP contribution < -0.4 is 11.2 Å². The van der Waals surface area contributed by atoms with Crippen molar-refractivity contribution in [3.05, 3.63) is 27.2 Å². The summed E-state index contributed by atoms with van der Waals surface area (Å²) in [4.78, 5) is 42.4. The van der Waals surface area contributed by atoms with E-state index < -0.39 is 42.3 Å². The fraction of sp³-hybridized carbons (Fsp3) is 0.600. The van der Waals surface area contributed by atoms with Crippen molar-refractivity contribution >= 4 is 17.1 Å². The van der Waals surface area contributed by atoms with Crippen molar-refractivity contribution in [2.24, 2.45) is 20.0 Å². The van der Waals surface area contributed by atoms with E-state index in [-0.39, 0.29) is 30.6 Å². The van der Waals surface area contributed by atoms with E-state index in [1.807, 2.05) is 0 Å². The lowest BCUT2D eigenvalue weighted by molar-refractivity contribution is -0.188. The topological polar surface area (TPSA) is 82.1 Å². The van der Waals surface area contributed by atoms with Crippen molar-refractivity contribution in [3.8, 4) is 0 Å². The van der Waals surface area contributed by atoms with Gasteiger partial charge in [0.25, 0.3) is 5.56 Å². The second-order valence-corrected chi connectivity index (χ2v) is 6.48. The van der Waals surface area contributed by atoms with Crippen LogP contribution >= 0.6 is 0 Å². The molecule has 8 nitrogen and oxygen atoms in total. The van der Waals surface area contributed by atoms with Crippen molar-refractivity contribution in [1.29, 1.82) is 0 Å². The highest BCUT2D eigenvalue weighted by Gasteiger charge is 2.42. The summed E-state index contributed by atoms with van der Waals surface area (Å²) in [6.45, 7) is -0.878. The molecule has 1 fully saturated rings. The molecule has 11 heteroatoms. The Bertz CT molecular complexity index is 972. The van der Waals surface area contributed by atoms with Crippen LogP contribution in [0.5, 0.6) is 0 Å². The number of rotatable bonds is 2. The minimum absolute atomic E-state index is 0.0318. The van der Waals surface area contributed by atoms with E-state index in [1.165, 1.54) is 17.9 Å². The molecule has 3 rings (SSSR count). The Morgan fingerprint density at radius 1 is 1.31 bits per heavy atom. The zero-order chi connectivity index (χ0) is 19.2. The number of carbonyl (C=O) groups excluding carboxylic acids is 1. The molecule has 1 saturated heterocycles. The summed E-state index contributed by atoms with van der Waals surface area (Å²) in [6.07, 6.45) is -2.81. The molecule has 0 N–H and O–H groups in total. The highest BCUT2D eigenvalue weighted by Crippen LogP contribution is 2.33. The van der Waals surface area contributed by atoms with E-state index in [0.29, 0.717) is 0 Å². The number of halogens is 3. The molecular formula is C15H18F3N5O3. The molecular weight excluding hydrogens is 355 g/mol. The van der Waals surface area contributed by atoms with Crippen molar-refractivity contribution in [1.82, 2.24) is 23.6 Å². The molecule has 0 spiro atoms. The monoisotopic (exact) mass is 373 g/mol. The van der Waals surface area contributed by atoms with Crippen LogP contribution in [0.4, 0.5) is 13.2 Å². The Morgan fingerprint density at radius 2 is 2.00 bits per heavy atom. The quantitative estimate of drug-likeness (QED) is 0.755. The molecule has 0 bridgehead atoms. The van der Waals surface area contributed by atoms with Crippen LogP contribution in [0.3, 0.4) is 0 Å². The van der Waals surface area contributed by atoms with Gasteiger partial charge in [-0.2, -0.15) is 13.2 Å². The van der Waals surface area contributed by atoms with Crippen molar-refractivity contribution < 1.29 is 18.0 Å². The lowest BCUT2D eigenvalue weighted by atomic mass is 9.97. The first-order chi connectivity index (χ1) is 12.1. The molecule has 1 aliphatic heterocycles. The molecule has 0 radical (unpaired) electrons. The maximum absolute atomic E-state index is 12.9. The van der Waals surface area contributed by atoms with E-state index in [2.05, 4.69) is 4.98 Å². The van der Waals surface area contributed by atoms with Crippen molar-refractivity contribution in [2.45, 2.75) is 25.6 Å². The van der Waals surface area contributed by atoms with E-state index in [1.54, 1.807) is 7.05 Å². The molecule has 1 unspecified atom stereocenters. The second kappa shape index (κ2) is 6.29. The zero-order valence-electron chi connectivity index (χ0n) is 14.3. The summed E-state index contributed by atoms with van der Waals surface area (Å²) >= 11 is 0. The summed E-state index contributed by atoms with van der Waals surface area (Å²) in [6, 6.07) is 0. The minimum atomic E-state index is -4.38. The number of amides is 1. The Morgan fingerprint density at radius 3 is 2.65 bits per heavy atom. The zero-order valence-corrected chi connectivity index (χ0v) is 14.3. The molecule has 1 aliphatic rings. The van der Waals surface area contributed by atoms with Gasteiger partial charge < -0.3 is 9.47 Å². The van der Waals surface area contributed by atoms with E-state index >= 15 is 0 Å². The third kappa shape index (κ3) is 3.01. The fourth-order valence-corrected chi connectivity index (χ4v) is 3.24. The summed E-state index contributed by atoms with van der Waals surface area (Å²) in [5, 5.41) is 0. The summed E-state index contributed by atoms with van der Waals surface area (Å²) in [5.41, 5.74) is -1.10. The molecule has 2 aromatic rings. The smallest absolute Gasteiger partial charge is 0.341 e. The number of likely N-dealkylation sites (tertiary alicyclic amines) is 1. The summed E-state index contributed by atoms with van der Waals surface area (Å²) in [5.74, 6) is -2.26. The minimum Gasteiger partial charge on any atom is -0.341 e. The Balaban J connectivity index is 1.92. The van der Waals surface area contributed by atoms with Gasteiger partial charge in [-0.1, -0.05) is 0 Å². The molecule has 0 aromatic carbocycles. The van der Waals surface area contributed by atoms with Crippen LogP contribution in [0.2, 0.25) is 0 Å². The van der Waals surface area contributed by atoms with Gasteiger partial charge in [-0.3, -0.25) is 14.2 Å². The van der Waals surface area contributed by atoms with Gasteiger partial charge in [0, 0.05) is 27.2 Å². The third-order valence-electron chi connectivity index (χ3n) is 4.73. The molecule has 0 aliphatic carbocycles. The van der Waals surface area contributed by atoms with E-state index in [9.17, 15) is 27.6 Å². The lowest BCUT2D eigenvalue weighted by Crippen LogP contribution is -2.48. The van der Waals surface area contributed by atoms with Gasteiger partial charge in [-0.05, 0) is 12.8 Å². The van der Waals surface area contributed by atoms with Crippen molar-refractivity contribution in [2.75, 3.05) is 13.1 Å². The fourth-order valence-electron chi connectivity index (χ4n) is 3.24. The first kappa shape index (κ1) is 18.2. The van der Waals surface area contributed by atoms with Crippen LogP contribution in [0, 0.1) is 5.92 Å². The van der Waals surface area contributed by atoms with Crippen LogP contribution in [-0.4, -0.2) is 48.8 Å². The highest BCUT2D eigenvalue weighted by atomic mass is 19.4. The highest BCUT2D eigenvalue weighted by molar-refractivity contribution is 5.77. The van der Waals surface area contributed by atoms with Crippen LogP contribution in [-0.2, 0) is 25.4 Å². The number of aryl methyl sites for hydroxylation is 2. The number of hydrogen-bond acceptors (Lipinski definition) is 4. The normalized spacial score (nSPS) is 18.5. The molecule has 142 valence electrons. The number of nitrogens with zero attached hydrogens (tertiary/aromatic N) is 5. The second-order valence-electron chi connectivity index (χ2n) is 6.48. The number of hydrogen-bond donors (Lipinski definition) is 0. The van der Waals surface area contributed by atoms with Crippen LogP contribution in [0.15, 0.2) is 15.9 Å². The molecule has 2 aromatic heterocycles. The third-order valence-corrected chi connectivity index (χ3v) is 4.73. The lowest BCUT2D eigenvalue weighted by Gasteiger charge is -2.33. The molecule has 1 amide bonds. The van der Waals surface area contributed by atoms with Gasteiger partial charge in [0.05, 0.1) is 12.2 Å². The Labute approximate surface area is 145 Å². The molecule has 26 heavy (non-hydrogen) atoms. The van der Waals surface area contributed by atoms with Gasteiger partial charge in [0.15, 0.2) is 11.2 Å². The predicted molar refractivity (Wildman–Crippen MR) is 85.6 cm³/mol. The van der Waals surface area contributed by atoms with E-state index in [4.69, 9.17) is 0 Å². The number of alkyl halides is 3. The Kier molecular flexibility index (Phi) is 4.41. The first-order valence-electron chi connectivity index (χ1n) is 8.06. The average molecular weight is 373 g/mol.